The number of ether oxygens (including phenoxy) is 2. The van der Waals surface area contributed by atoms with Crippen molar-refractivity contribution < 1.29 is 38.6 Å². The van der Waals surface area contributed by atoms with E-state index in [2.05, 4.69) is 22.9 Å². The fourth-order valence-electron chi connectivity index (χ4n) is 5.67. The molecular formula is C36H52N6O8. The van der Waals surface area contributed by atoms with Gasteiger partial charge >= 0.3 is 5.97 Å². The molecule has 1 aliphatic rings. The normalized spacial score (nSPS) is 17.5. The summed E-state index contributed by atoms with van der Waals surface area (Å²) in [6.45, 7) is 4.05. The number of rotatable bonds is 17. The Morgan fingerprint density at radius 2 is 1.52 bits per heavy atom. The van der Waals surface area contributed by atoms with Crippen LogP contribution in [0.5, 0.6) is 11.5 Å². The summed E-state index contributed by atoms with van der Waals surface area (Å²) in [6, 6.07) is 6.39. The highest BCUT2D eigenvalue weighted by atomic mass is 16.5. The van der Waals surface area contributed by atoms with Gasteiger partial charge in [-0.25, -0.2) is 4.79 Å². The number of amides is 4. The zero-order chi connectivity index (χ0) is 36.6. The molecule has 1 heterocycles. The van der Waals surface area contributed by atoms with Gasteiger partial charge in [0.05, 0.1) is 6.54 Å². The van der Waals surface area contributed by atoms with Crippen molar-refractivity contribution in [3.05, 3.63) is 47.5 Å². The molecule has 3 atom stereocenters. The van der Waals surface area contributed by atoms with Crippen LogP contribution in [0.25, 0.3) is 11.1 Å². The second-order valence-electron chi connectivity index (χ2n) is 12.4. The molecule has 0 aliphatic carbocycles. The molecule has 0 saturated carbocycles. The highest BCUT2D eigenvalue weighted by Gasteiger charge is 2.33. The predicted molar refractivity (Wildman–Crippen MR) is 188 cm³/mol. The summed E-state index contributed by atoms with van der Waals surface area (Å²) in [5.41, 5.74) is 13.4. The number of carbonyl (C=O) groups is 5. The molecule has 50 heavy (non-hydrogen) atoms. The van der Waals surface area contributed by atoms with E-state index in [-0.39, 0.29) is 51.6 Å². The van der Waals surface area contributed by atoms with Gasteiger partial charge in [-0.05, 0) is 48.7 Å². The Bertz CT molecular complexity index is 1480. The third-order valence-electron chi connectivity index (χ3n) is 8.43. The molecule has 0 fully saturated rings. The Labute approximate surface area is 293 Å². The highest BCUT2D eigenvalue weighted by Crippen LogP contribution is 2.40. The van der Waals surface area contributed by atoms with Crippen LogP contribution < -0.4 is 36.9 Å². The molecular weight excluding hydrogens is 644 g/mol. The van der Waals surface area contributed by atoms with Gasteiger partial charge < -0.3 is 46.9 Å². The molecule has 0 saturated heterocycles. The van der Waals surface area contributed by atoms with Crippen molar-refractivity contribution in [3.8, 4) is 22.6 Å². The first kappa shape index (κ1) is 39.7. The number of nitrogens with one attached hydrogen (secondary N) is 3. The van der Waals surface area contributed by atoms with E-state index in [1.165, 1.54) is 18.9 Å². The quantitative estimate of drug-likeness (QED) is 0.132. The summed E-state index contributed by atoms with van der Waals surface area (Å²) in [4.78, 5) is 66.6. The summed E-state index contributed by atoms with van der Waals surface area (Å²) < 4.78 is 12.0. The molecule has 0 radical (unpaired) electrons. The van der Waals surface area contributed by atoms with Crippen LogP contribution in [0.2, 0.25) is 0 Å². The molecule has 2 unspecified atom stereocenters. The average molecular weight is 697 g/mol. The minimum absolute atomic E-state index is 0.0605. The first-order chi connectivity index (χ1) is 24.0. The molecule has 14 heteroatoms. The number of hydrogen-bond donors (Lipinski definition) is 6. The van der Waals surface area contributed by atoms with Gasteiger partial charge in [0, 0.05) is 44.1 Å². The number of unbranched alkanes of at least 4 members (excludes halogenated alkanes) is 5. The van der Waals surface area contributed by atoms with Crippen molar-refractivity contribution in [2.24, 2.45) is 11.5 Å². The summed E-state index contributed by atoms with van der Waals surface area (Å²) in [6.07, 6.45) is 6.35. The van der Waals surface area contributed by atoms with Gasteiger partial charge in [0.25, 0.3) is 0 Å². The third kappa shape index (κ3) is 11.4. The molecule has 0 aromatic heterocycles. The van der Waals surface area contributed by atoms with E-state index in [9.17, 15) is 29.1 Å². The van der Waals surface area contributed by atoms with Crippen LogP contribution in [-0.2, 0) is 30.4 Å². The van der Waals surface area contributed by atoms with Gasteiger partial charge in [-0.2, -0.15) is 0 Å². The largest absolute Gasteiger partial charge is 0.492 e. The SMILES string of the molecule is CCCCCCCCC(=O)NCC(=O)N(C)C1C(=O)N[C@@H](C)C(=O)NC(C(=O)O)Cc2ccc(OCCN)c(c2)-c2cc1ccc2OCCN. The number of carboxylic acids is 1. The third-order valence-corrected chi connectivity index (χ3v) is 8.43. The van der Waals surface area contributed by atoms with E-state index >= 15 is 0 Å². The summed E-state index contributed by atoms with van der Waals surface area (Å²) >= 11 is 0. The summed E-state index contributed by atoms with van der Waals surface area (Å²) in [5.74, 6) is -2.64. The standard InChI is InChI=1S/C36H52N6O8/c1-4-5-6-7-8-9-10-31(43)39-22-32(44)42(3)33-25-12-14-30(50-18-16-38)27(21-25)26-19-24(11-13-29(26)49-17-15-37)20-28(36(47)48)41-34(45)23(2)40-35(33)46/h11-14,19,21,23,28,33H,4-10,15-18,20,22,37-38H2,1-3H3,(H,39,43)(H,40,46)(H,41,45)(H,47,48)/t23-,28?,33?/m0/s1. The molecule has 3 rings (SSSR count). The maximum absolute atomic E-state index is 14.0. The van der Waals surface area contributed by atoms with Crippen LogP contribution >= 0.6 is 0 Å². The van der Waals surface area contributed by atoms with E-state index in [1.807, 2.05) is 0 Å². The topological polar surface area (TPSA) is 215 Å². The lowest BCUT2D eigenvalue weighted by Gasteiger charge is -2.30. The van der Waals surface area contributed by atoms with Crippen molar-refractivity contribution in [3.63, 3.8) is 0 Å². The van der Waals surface area contributed by atoms with Gasteiger partial charge in [-0.3, -0.25) is 19.2 Å². The maximum atomic E-state index is 14.0. The number of nitrogens with two attached hydrogens (primary N) is 2. The van der Waals surface area contributed by atoms with Gasteiger partial charge in [-0.1, -0.05) is 51.2 Å². The number of likely N-dealkylation sites (N-methyl/N-ethyl adjacent to an activating group) is 1. The lowest BCUT2D eigenvalue weighted by Crippen LogP contribution is -2.53. The van der Waals surface area contributed by atoms with Crippen LogP contribution in [0.1, 0.15) is 76.0 Å². The number of carboxylic acid groups (broad SMARTS) is 1. The number of nitrogens with zero attached hydrogens (tertiary/aromatic N) is 1. The highest BCUT2D eigenvalue weighted by molar-refractivity contribution is 5.95. The molecule has 2 aromatic rings. The number of fused-ring (bicyclic) bond motifs is 5. The van der Waals surface area contributed by atoms with Crippen molar-refractivity contribution in [2.75, 3.05) is 39.9 Å². The molecule has 14 nitrogen and oxygen atoms in total. The monoisotopic (exact) mass is 696 g/mol. The fraction of sp³-hybridized carbons (Fsp3) is 0.528. The van der Waals surface area contributed by atoms with E-state index < -0.39 is 41.8 Å². The Morgan fingerprint density at radius 1 is 0.900 bits per heavy atom. The second-order valence-corrected chi connectivity index (χ2v) is 12.4. The Morgan fingerprint density at radius 3 is 2.16 bits per heavy atom. The lowest BCUT2D eigenvalue weighted by atomic mass is 9.93. The first-order valence-corrected chi connectivity index (χ1v) is 17.3. The first-order valence-electron chi connectivity index (χ1n) is 17.3. The van der Waals surface area contributed by atoms with Crippen LogP contribution in [0.3, 0.4) is 0 Å². The molecule has 2 aromatic carbocycles. The van der Waals surface area contributed by atoms with Crippen LogP contribution in [-0.4, -0.2) is 91.6 Å². The van der Waals surface area contributed by atoms with Gasteiger partial charge in [-0.15, -0.1) is 0 Å². The maximum Gasteiger partial charge on any atom is 0.326 e. The Kier molecular flexibility index (Phi) is 16.0. The number of carbonyl (C=O) groups excluding carboxylic acids is 4. The average Bonchev–Trinajstić information content (AvgIpc) is 3.09. The predicted octanol–water partition coefficient (Wildman–Crippen LogP) is 2.03. The molecule has 1 aliphatic heterocycles. The summed E-state index contributed by atoms with van der Waals surface area (Å²) in [7, 11) is 1.44. The van der Waals surface area contributed by atoms with E-state index in [0.29, 0.717) is 40.2 Å². The molecule has 274 valence electrons. The van der Waals surface area contributed by atoms with Gasteiger partial charge in [0.1, 0.15) is 42.8 Å². The van der Waals surface area contributed by atoms with E-state index in [1.54, 1.807) is 36.4 Å². The Hall–Kier alpha value is -4.69. The molecule has 0 spiro atoms. The second kappa shape index (κ2) is 20.1. The number of benzene rings is 2. The van der Waals surface area contributed by atoms with Crippen molar-refractivity contribution in [1.29, 1.82) is 0 Å². The zero-order valence-corrected chi connectivity index (χ0v) is 29.3. The Balaban J connectivity index is 2.05. The fourth-order valence-corrected chi connectivity index (χ4v) is 5.67. The van der Waals surface area contributed by atoms with Crippen LogP contribution in [0.4, 0.5) is 0 Å². The van der Waals surface area contributed by atoms with Crippen LogP contribution in [0, 0.1) is 0 Å². The van der Waals surface area contributed by atoms with Crippen molar-refractivity contribution in [1.82, 2.24) is 20.9 Å². The van der Waals surface area contributed by atoms with Crippen molar-refractivity contribution >= 4 is 29.6 Å². The molecule has 4 amide bonds. The van der Waals surface area contributed by atoms with Crippen molar-refractivity contribution in [2.45, 2.75) is 83.3 Å². The lowest BCUT2D eigenvalue weighted by molar-refractivity contribution is -0.143. The van der Waals surface area contributed by atoms with Gasteiger partial charge in [0.2, 0.25) is 23.6 Å². The molecule has 4 bridgehead atoms. The number of aliphatic carboxylic acids is 1. The summed E-state index contributed by atoms with van der Waals surface area (Å²) in [5, 5.41) is 17.8. The van der Waals surface area contributed by atoms with E-state index in [0.717, 1.165) is 32.1 Å². The van der Waals surface area contributed by atoms with Gasteiger partial charge in [0.15, 0.2) is 0 Å². The number of hydrogen-bond acceptors (Lipinski definition) is 9. The zero-order valence-electron chi connectivity index (χ0n) is 29.3. The van der Waals surface area contributed by atoms with Crippen LogP contribution in [0.15, 0.2) is 36.4 Å². The minimum Gasteiger partial charge on any atom is -0.492 e. The van der Waals surface area contributed by atoms with E-state index in [4.69, 9.17) is 20.9 Å². The smallest absolute Gasteiger partial charge is 0.326 e. The minimum atomic E-state index is -1.31. The molecule has 8 N–H and O–H groups in total.